The average molecular weight is 263 g/mol. The Morgan fingerprint density at radius 2 is 2.00 bits per heavy atom. The van der Waals surface area contributed by atoms with E-state index in [4.69, 9.17) is 5.73 Å². The lowest BCUT2D eigenvalue weighted by atomic mass is 10.1. The Kier molecular flexibility index (Phi) is 4.40. The van der Waals surface area contributed by atoms with Crippen LogP contribution in [0.15, 0.2) is 29.3 Å². The number of nitrogens with zero attached hydrogens (tertiary/aromatic N) is 2. The summed E-state index contributed by atoms with van der Waals surface area (Å²) in [7, 11) is 1.87. The standard InChI is InChI=1S/C15H22FN3/c1-11(13-9-5-6-10-14(13)16)19(2)15(17)18-12-7-3-4-8-12/h5-6,9-12H,3-4,7-8H2,1-2H3,(H2,17,18). The first-order valence-electron chi connectivity index (χ1n) is 6.90. The van der Waals surface area contributed by atoms with E-state index in [2.05, 4.69) is 4.99 Å². The molecule has 0 spiro atoms. The Morgan fingerprint density at radius 1 is 1.37 bits per heavy atom. The number of benzene rings is 1. The summed E-state index contributed by atoms with van der Waals surface area (Å²) in [6, 6.07) is 7.03. The van der Waals surface area contributed by atoms with Gasteiger partial charge >= 0.3 is 0 Å². The smallest absolute Gasteiger partial charge is 0.191 e. The van der Waals surface area contributed by atoms with Crippen LogP contribution in [0.3, 0.4) is 0 Å². The van der Waals surface area contributed by atoms with E-state index in [0.29, 0.717) is 17.6 Å². The van der Waals surface area contributed by atoms with E-state index in [1.807, 2.05) is 24.9 Å². The summed E-state index contributed by atoms with van der Waals surface area (Å²) in [5.41, 5.74) is 6.69. The van der Waals surface area contributed by atoms with E-state index in [1.165, 1.54) is 18.9 Å². The van der Waals surface area contributed by atoms with Gasteiger partial charge < -0.3 is 10.6 Å². The van der Waals surface area contributed by atoms with Gasteiger partial charge in [0.1, 0.15) is 5.82 Å². The van der Waals surface area contributed by atoms with Crippen LogP contribution in [0.2, 0.25) is 0 Å². The monoisotopic (exact) mass is 263 g/mol. The van der Waals surface area contributed by atoms with Crippen molar-refractivity contribution in [3.05, 3.63) is 35.6 Å². The number of nitrogens with two attached hydrogens (primary N) is 1. The minimum atomic E-state index is -0.199. The highest BCUT2D eigenvalue weighted by molar-refractivity contribution is 5.78. The van der Waals surface area contributed by atoms with Gasteiger partial charge in [-0.2, -0.15) is 0 Å². The van der Waals surface area contributed by atoms with Crippen LogP contribution in [-0.2, 0) is 0 Å². The van der Waals surface area contributed by atoms with Gasteiger partial charge in [0.15, 0.2) is 5.96 Å². The molecular weight excluding hydrogens is 241 g/mol. The molecule has 1 saturated carbocycles. The molecule has 2 rings (SSSR count). The second-order valence-corrected chi connectivity index (χ2v) is 5.23. The Hall–Kier alpha value is -1.58. The van der Waals surface area contributed by atoms with Crippen LogP contribution < -0.4 is 5.73 Å². The predicted molar refractivity (Wildman–Crippen MR) is 76.5 cm³/mol. The Labute approximate surface area is 114 Å². The predicted octanol–water partition coefficient (Wildman–Crippen LogP) is 3.08. The quantitative estimate of drug-likeness (QED) is 0.672. The fraction of sp³-hybridized carbons (Fsp3) is 0.533. The van der Waals surface area contributed by atoms with Crippen LogP contribution in [0.5, 0.6) is 0 Å². The molecule has 0 heterocycles. The number of hydrogen-bond acceptors (Lipinski definition) is 1. The molecule has 2 N–H and O–H groups in total. The number of guanidine groups is 1. The zero-order valence-electron chi connectivity index (χ0n) is 11.6. The molecular formula is C15H22FN3. The van der Waals surface area contributed by atoms with Crippen LogP contribution >= 0.6 is 0 Å². The summed E-state index contributed by atoms with van der Waals surface area (Å²) in [4.78, 5) is 6.39. The topological polar surface area (TPSA) is 41.6 Å². The molecule has 1 aliphatic carbocycles. The molecule has 0 amide bonds. The Balaban J connectivity index is 2.10. The fourth-order valence-electron chi connectivity index (χ4n) is 2.53. The first-order valence-corrected chi connectivity index (χ1v) is 6.90. The van der Waals surface area contributed by atoms with Gasteiger partial charge in [0.2, 0.25) is 0 Å². The third-order valence-electron chi connectivity index (χ3n) is 3.94. The van der Waals surface area contributed by atoms with Crippen molar-refractivity contribution in [3.63, 3.8) is 0 Å². The van der Waals surface area contributed by atoms with Crippen molar-refractivity contribution in [1.82, 2.24) is 4.90 Å². The molecule has 0 radical (unpaired) electrons. The molecule has 1 fully saturated rings. The summed E-state index contributed by atoms with van der Waals surface area (Å²) in [5, 5.41) is 0. The average Bonchev–Trinajstić information content (AvgIpc) is 2.90. The van der Waals surface area contributed by atoms with Gasteiger partial charge in [0.25, 0.3) is 0 Å². The van der Waals surface area contributed by atoms with Crippen molar-refractivity contribution in [2.75, 3.05) is 7.05 Å². The summed E-state index contributed by atoms with van der Waals surface area (Å²) in [6.45, 7) is 1.94. The highest BCUT2D eigenvalue weighted by Crippen LogP contribution is 2.24. The van der Waals surface area contributed by atoms with Crippen LogP contribution in [0.1, 0.15) is 44.2 Å². The molecule has 19 heavy (non-hydrogen) atoms. The first kappa shape index (κ1) is 13.8. The van der Waals surface area contributed by atoms with Gasteiger partial charge in [0.05, 0.1) is 12.1 Å². The maximum absolute atomic E-state index is 13.8. The molecule has 3 nitrogen and oxygen atoms in total. The summed E-state index contributed by atoms with van der Waals surface area (Å²) in [6.07, 6.45) is 4.69. The zero-order chi connectivity index (χ0) is 13.8. The molecule has 104 valence electrons. The molecule has 4 heteroatoms. The summed E-state index contributed by atoms with van der Waals surface area (Å²) in [5.74, 6) is 0.304. The van der Waals surface area contributed by atoms with Gasteiger partial charge in [-0.25, -0.2) is 9.38 Å². The second kappa shape index (κ2) is 6.04. The van der Waals surface area contributed by atoms with E-state index in [9.17, 15) is 4.39 Å². The minimum absolute atomic E-state index is 0.119. The Bertz CT molecular complexity index is 452. The number of aliphatic imine (C=N–C) groups is 1. The number of halogens is 1. The summed E-state index contributed by atoms with van der Waals surface area (Å²) < 4.78 is 13.8. The maximum atomic E-state index is 13.8. The zero-order valence-corrected chi connectivity index (χ0v) is 11.6. The molecule has 1 unspecified atom stereocenters. The molecule has 1 aromatic carbocycles. The number of rotatable bonds is 3. The van der Waals surface area contributed by atoms with Crippen molar-refractivity contribution < 1.29 is 4.39 Å². The van der Waals surface area contributed by atoms with Crippen LogP contribution in [-0.4, -0.2) is 23.9 Å². The highest BCUT2D eigenvalue weighted by Gasteiger charge is 2.19. The largest absolute Gasteiger partial charge is 0.370 e. The third kappa shape index (κ3) is 3.25. The molecule has 1 atom stereocenters. The lowest BCUT2D eigenvalue weighted by molar-refractivity contribution is 0.381. The lowest BCUT2D eigenvalue weighted by Crippen LogP contribution is -2.37. The van der Waals surface area contributed by atoms with Gasteiger partial charge in [-0.3, -0.25) is 0 Å². The Morgan fingerprint density at radius 3 is 2.63 bits per heavy atom. The van der Waals surface area contributed by atoms with Gasteiger partial charge in [-0.05, 0) is 25.8 Å². The molecule has 1 aromatic rings. The minimum Gasteiger partial charge on any atom is -0.370 e. The lowest BCUT2D eigenvalue weighted by Gasteiger charge is -2.27. The van der Waals surface area contributed by atoms with Crippen LogP contribution in [0.25, 0.3) is 0 Å². The van der Waals surface area contributed by atoms with Gasteiger partial charge in [-0.15, -0.1) is 0 Å². The molecule has 1 aliphatic rings. The first-order chi connectivity index (χ1) is 9.09. The number of hydrogen-bond donors (Lipinski definition) is 1. The molecule has 0 aliphatic heterocycles. The van der Waals surface area contributed by atoms with Gasteiger partial charge in [-0.1, -0.05) is 31.0 Å². The van der Waals surface area contributed by atoms with Crippen molar-refractivity contribution in [2.24, 2.45) is 10.7 Å². The van der Waals surface area contributed by atoms with E-state index in [1.54, 1.807) is 12.1 Å². The highest BCUT2D eigenvalue weighted by atomic mass is 19.1. The van der Waals surface area contributed by atoms with Crippen LogP contribution in [0.4, 0.5) is 4.39 Å². The van der Waals surface area contributed by atoms with E-state index < -0.39 is 0 Å². The molecule has 0 bridgehead atoms. The van der Waals surface area contributed by atoms with E-state index in [-0.39, 0.29) is 11.9 Å². The fourth-order valence-corrected chi connectivity index (χ4v) is 2.53. The molecule has 0 aromatic heterocycles. The maximum Gasteiger partial charge on any atom is 0.191 e. The van der Waals surface area contributed by atoms with Crippen LogP contribution in [0, 0.1) is 5.82 Å². The van der Waals surface area contributed by atoms with Gasteiger partial charge in [0, 0.05) is 12.6 Å². The van der Waals surface area contributed by atoms with Crippen molar-refractivity contribution in [3.8, 4) is 0 Å². The molecule has 0 saturated heterocycles. The van der Waals surface area contributed by atoms with Crippen molar-refractivity contribution in [1.29, 1.82) is 0 Å². The summed E-state index contributed by atoms with van der Waals surface area (Å²) >= 11 is 0. The van der Waals surface area contributed by atoms with E-state index >= 15 is 0 Å². The normalized spacial score (nSPS) is 18.6. The van der Waals surface area contributed by atoms with Crippen molar-refractivity contribution >= 4 is 5.96 Å². The second-order valence-electron chi connectivity index (χ2n) is 5.23. The van der Waals surface area contributed by atoms with Crippen molar-refractivity contribution in [2.45, 2.75) is 44.7 Å². The SMILES string of the molecule is CC(c1ccccc1F)N(C)C(N)=NC1CCCC1. The van der Waals surface area contributed by atoms with E-state index in [0.717, 1.165) is 12.8 Å². The third-order valence-corrected chi connectivity index (χ3v) is 3.94.